The van der Waals surface area contributed by atoms with Crippen LogP contribution in [0.25, 0.3) is 0 Å². The predicted molar refractivity (Wildman–Crippen MR) is 184 cm³/mol. The van der Waals surface area contributed by atoms with Gasteiger partial charge >= 0.3 is 24.1 Å². The molecule has 284 valence electrons. The van der Waals surface area contributed by atoms with E-state index in [-0.39, 0.29) is 38.9 Å². The van der Waals surface area contributed by atoms with Crippen LogP contribution in [0, 0.1) is 0 Å². The summed E-state index contributed by atoms with van der Waals surface area (Å²) >= 11 is 0. The van der Waals surface area contributed by atoms with Crippen LogP contribution in [0.2, 0.25) is 0 Å². The predicted octanol–water partition coefficient (Wildman–Crippen LogP) is 3.70. The molecule has 15 heteroatoms. The van der Waals surface area contributed by atoms with Gasteiger partial charge in [-0.2, -0.15) is 0 Å². The number of nitrogens with two attached hydrogens (primary N) is 1. The van der Waals surface area contributed by atoms with E-state index in [9.17, 15) is 28.8 Å². The molecule has 0 aromatic carbocycles. The third-order valence-electron chi connectivity index (χ3n) is 5.99. The highest BCUT2D eigenvalue weighted by molar-refractivity contribution is 5.85. The first-order valence-corrected chi connectivity index (χ1v) is 16.9. The lowest BCUT2D eigenvalue weighted by Crippen LogP contribution is -2.49. The summed E-state index contributed by atoms with van der Waals surface area (Å²) in [6, 6.07) is -1.88. The first-order valence-electron chi connectivity index (χ1n) is 16.9. The highest BCUT2D eigenvalue weighted by Gasteiger charge is 2.34. The van der Waals surface area contributed by atoms with Gasteiger partial charge in [0.15, 0.2) is 0 Å². The van der Waals surface area contributed by atoms with Crippen LogP contribution < -0.4 is 21.7 Å². The van der Waals surface area contributed by atoms with Crippen molar-refractivity contribution >= 4 is 35.9 Å². The minimum absolute atomic E-state index is 0.0538. The van der Waals surface area contributed by atoms with E-state index in [2.05, 4.69) is 16.0 Å². The van der Waals surface area contributed by atoms with Crippen LogP contribution in [0.5, 0.6) is 0 Å². The molecule has 49 heavy (non-hydrogen) atoms. The van der Waals surface area contributed by atoms with Crippen LogP contribution in [0.1, 0.15) is 122 Å². The third kappa shape index (κ3) is 24.2. The van der Waals surface area contributed by atoms with Crippen molar-refractivity contribution in [1.82, 2.24) is 20.9 Å². The molecule has 0 bridgehead atoms. The molecule has 0 radical (unpaired) electrons. The molecule has 0 saturated heterocycles. The molecule has 0 aliphatic rings. The molecule has 0 aliphatic heterocycles. The zero-order chi connectivity index (χ0) is 38.2. The van der Waals surface area contributed by atoms with Crippen LogP contribution in [-0.2, 0) is 38.1 Å². The summed E-state index contributed by atoms with van der Waals surface area (Å²) in [6.45, 7) is 20.7. The van der Waals surface area contributed by atoms with Crippen LogP contribution in [0.4, 0.5) is 9.59 Å². The number of alkyl carbamates (subject to hydrolysis) is 1. The van der Waals surface area contributed by atoms with Crippen molar-refractivity contribution in [2.24, 2.45) is 5.73 Å². The molecular weight excluding hydrogens is 638 g/mol. The van der Waals surface area contributed by atoms with Gasteiger partial charge in [0, 0.05) is 26.1 Å². The SMILES string of the molecule is CC(C)(C)OC(=O)CC(CC(=O)OC(C)(C)C)N(CCC(=O)NCCNC(=O)C(CCCCN)NC(=O)OC(C)(C)C)C(=O)OC(C)(C)C. The molecule has 0 aromatic heterocycles. The highest BCUT2D eigenvalue weighted by Crippen LogP contribution is 2.21. The van der Waals surface area contributed by atoms with Gasteiger partial charge in [0.05, 0.1) is 18.9 Å². The number of nitrogens with zero attached hydrogens (tertiary/aromatic N) is 1. The summed E-state index contributed by atoms with van der Waals surface area (Å²) in [6.07, 6.45) is -0.787. The maximum atomic E-state index is 13.4. The van der Waals surface area contributed by atoms with Crippen molar-refractivity contribution in [2.45, 2.75) is 156 Å². The van der Waals surface area contributed by atoms with Gasteiger partial charge in [-0.1, -0.05) is 0 Å². The Labute approximate surface area is 292 Å². The van der Waals surface area contributed by atoms with Gasteiger partial charge in [-0.3, -0.25) is 19.2 Å². The normalized spacial score (nSPS) is 12.8. The van der Waals surface area contributed by atoms with E-state index >= 15 is 0 Å². The third-order valence-corrected chi connectivity index (χ3v) is 5.99. The fourth-order valence-corrected chi connectivity index (χ4v) is 4.22. The molecule has 1 atom stereocenters. The lowest BCUT2D eigenvalue weighted by Gasteiger charge is -2.34. The number of unbranched alkanes of at least 4 members (excludes halogenated alkanes) is 1. The van der Waals surface area contributed by atoms with Gasteiger partial charge in [0.2, 0.25) is 11.8 Å². The number of ether oxygens (including phenoxy) is 4. The van der Waals surface area contributed by atoms with Crippen LogP contribution in [-0.4, -0.2) is 102 Å². The van der Waals surface area contributed by atoms with E-state index < -0.39 is 70.4 Å². The zero-order valence-corrected chi connectivity index (χ0v) is 31.8. The number of rotatable bonds is 17. The van der Waals surface area contributed by atoms with Crippen molar-refractivity contribution < 1.29 is 47.7 Å². The molecule has 0 aromatic rings. The molecule has 1 unspecified atom stereocenters. The van der Waals surface area contributed by atoms with Crippen LogP contribution >= 0.6 is 0 Å². The van der Waals surface area contributed by atoms with Gasteiger partial charge < -0.3 is 45.5 Å². The second-order valence-corrected chi connectivity index (χ2v) is 15.8. The molecule has 15 nitrogen and oxygen atoms in total. The fraction of sp³-hybridized carbons (Fsp3) is 0.824. The minimum Gasteiger partial charge on any atom is -0.460 e. The molecule has 0 saturated carbocycles. The maximum Gasteiger partial charge on any atom is 0.410 e. The molecular formula is C34H63N5O10. The van der Waals surface area contributed by atoms with Gasteiger partial charge in [-0.15, -0.1) is 0 Å². The molecule has 5 N–H and O–H groups in total. The van der Waals surface area contributed by atoms with E-state index in [1.807, 2.05) is 0 Å². The Hall–Kier alpha value is -3.62. The standard InChI is InChI=1S/C34H63N5O10/c1-31(2,3)46-26(41)21-23(22-27(42)47-32(4,5)6)39(30(45)49-34(10,11)12)20-16-25(40)36-18-19-37-28(43)24(15-13-14-17-35)38-29(44)48-33(7,8)9/h23-24H,13-22,35H2,1-12H3,(H,36,40)(H,37,43)(H,38,44). The summed E-state index contributed by atoms with van der Waals surface area (Å²) in [4.78, 5) is 78.2. The number of carbonyl (C=O) groups excluding carboxylic acids is 6. The average Bonchev–Trinajstić information content (AvgIpc) is 2.86. The quantitative estimate of drug-likeness (QED) is 0.0978. The number of amides is 4. The second kappa shape index (κ2) is 20.1. The lowest BCUT2D eigenvalue weighted by molar-refractivity contribution is -0.159. The average molecular weight is 702 g/mol. The molecule has 0 aliphatic carbocycles. The Morgan fingerprint density at radius 3 is 1.57 bits per heavy atom. The van der Waals surface area contributed by atoms with Crippen molar-refractivity contribution in [3.63, 3.8) is 0 Å². The summed E-state index contributed by atoms with van der Waals surface area (Å²) < 4.78 is 21.8. The number of esters is 2. The van der Waals surface area contributed by atoms with Crippen molar-refractivity contribution in [1.29, 1.82) is 0 Å². The largest absolute Gasteiger partial charge is 0.460 e. The topological polar surface area (TPSA) is 205 Å². The first-order chi connectivity index (χ1) is 22.2. The molecule has 0 heterocycles. The molecule has 4 amide bonds. The van der Waals surface area contributed by atoms with Crippen LogP contribution in [0.3, 0.4) is 0 Å². The first kappa shape index (κ1) is 45.4. The van der Waals surface area contributed by atoms with E-state index in [0.29, 0.717) is 25.8 Å². The highest BCUT2D eigenvalue weighted by atomic mass is 16.6. The number of nitrogens with one attached hydrogen (secondary N) is 3. The van der Waals surface area contributed by atoms with Gasteiger partial charge in [0.1, 0.15) is 28.4 Å². The number of hydrogen-bond donors (Lipinski definition) is 4. The van der Waals surface area contributed by atoms with E-state index in [0.717, 1.165) is 0 Å². The Bertz CT molecular complexity index is 1070. The Morgan fingerprint density at radius 2 is 1.12 bits per heavy atom. The van der Waals surface area contributed by atoms with Crippen LogP contribution in [0.15, 0.2) is 0 Å². The summed E-state index contributed by atoms with van der Waals surface area (Å²) in [5, 5.41) is 7.97. The number of hydrogen-bond acceptors (Lipinski definition) is 11. The van der Waals surface area contributed by atoms with Crippen molar-refractivity contribution in [3.05, 3.63) is 0 Å². The smallest absolute Gasteiger partial charge is 0.410 e. The summed E-state index contributed by atoms with van der Waals surface area (Å²) in [5.74, 6) is -2.18. The van der Waals surface area contributed by atoms with E-state index in [1.165, 1.54) is 4.90 Å². The van der Waals surface area contributed by atoms with Gasteiger partial charge in [0.25, 0.3) is 0 Å². The minimum atomic E-state index is -1.03. The Morgan fingerprint density at radius 1 is 0.653 bits per heavy atom. The summed E-state index contributed by atoms with van der Waals surface area (Å²) in [7, 11) is 0. The monoisotopic (exact) mass is 701 g/mol. The Balaban J connectivity index is 5.61. The van der Waals surface area contributed by atoms with Gasteiger partial charge in [-0.25, -0.2) is 9.59 Å². The van der Waals surface area contributed by atoms with Crippen molar-refractivity contribution in [3.8, 4) is 0 Å². The lowest BCUT2D eigenvalue weighted by atomic mass is 10.1. The molecule has 0 fully saturated rings. The zero-order valence-electron chi connectivity index (χ0n) is 31.8. The van der Waals surface area contributed by atoms with E-state index in [1.54, 1.807) is 83.1 Å². The fourth-order valence-electron chi connectivity index (χ4n) is 4.22. The second-order valence-electron chi connectivity index (χ2n) is 15.8. The Kier molecular flexibility index (Phi) is 18.7. The van der Waals surface area contributed by atoms with Gasteiger partial charge in [-0.05, 0) is 109 Å². The number of carbonyl (C=O) groups is 6. The summed E-state index contributed by atoms with van der Waals surface area (Å²) in [5.41, 5.74) is 2.31. The van der Waals surface area contributed by atoms with E-state index in [4.69, 9.17) is 24.7 Å². The molecule has 0 rings (SSSR count). The maximum absolute atomic E-state index is 13.4. The van der Waals surface area contributed by atoms with Crippen molar-refractivity contribution in [2.75, 3.05) is 26.2 Å². The molecule has 0 spiro atoms.